The first-order valence-corrected chi connectivity index (χ1v) is 8.79. The van der Waals surface area contributed by atoms with Gasteiger partial charge in [0.15, 0.2) is 0 Å². The van der Waals surface area contributed by atoms with Crippen molar-refractivity contribution in [1.29, 1.82) is 0 Å². The first kappa shape index (κ1) is 17.4. The third kappa shape index (κ3) is 4.53. The Morgan fingerprint density at radius 2 is 1.95 bits per heavy atom. The van der Waals surface area contributed by atoms with Crippen molar-refractivity contribution in [3.8, 4) is 5.75 Å². The second kappa shape index (κ2) is 8.07. The third-order valence-corrected chi connectivity index (χ3v) is 4.48. The van der Waals surface area contributed by atoms with E-state index >= 15 is 0 Å². The lowest BCUT2D eigenvalue weighted by atomic mass is 10.2. The van der Waals surface area contributed by atoms with Gasteiger partial charge in [-0.15, -0.1) is 0 Å². The summed E-state index contributed by atoms with van der Waals surface area (Å²) < 4.78 is 8.07. The van der Waals surface area contributed by atoms with Crippen LogP contribution in [0.3, 0.4) is 0 Å². The van der Waals surface area contributed by atoms with E-state index in [1.807, 2.05) is 24.3 Å². The molecule has 0 spiro atoms. The number of rotatable bonds is 4. The largest absolute Gasteiger partial charge is 0.495 e. The van der Waals surface area contributed by atoms with Crippen LogP contribution in [0.4, 0.5) is 0 Å². The van der Waals surface area contributed by atoms with E-state index in [4.69, 9.17) is 4.74 Å². The van der Waals surface area contributed by atoms with E-state index < -0.39 is 0 Å². The Morgan fingerprint density at radius 1 is 1.27 bits per heavy atom. The van der Waals surface area contributed by atoms with Crippen molar-refractivity contribution in [1.82, 2.24) is 5.43 Å². The lowest BCUT2D eigenvalue weighted by molar-refractivity contribution is 0.0955. The normalized spacial score (nSPS) is 10.7. The van der Waals surface area contributed by atoms with Crippen molar-refractivity contribution in [3.05, 3.63) is 60.0 Å². The highest BCUT2D eigenvalue weighted by atomic mass is 127. The van der Waals surface area contributed by atoms with Crippen LogP contribution in [0.15, 0.2) is 50.4 Å². The maximum atomic E-state index is 12.0. The molecular weight excluding hydrogens is 527 g/mol. The Labute approximate surface area is 158 Å². The number of methoxy groups -OCH3 is 1. The molecular formula is C15H11Br2IN2O2. The van der Waals surface area contributed by atoms with Crippen LogP contribution in [0.2, 0.25) is 0 Å². The van der Waals surface area contributed by atoms with Crippen LogP contribution in [-0.4, -0.2) is 19.2 Å². The van der Waals surface area contributed by atoms with Crippen molar-refractivity contribution in [2.45, 2.75) is 0 Å². The maximum Gasteiger partial charge on any atom is 0.271 e. The van der Waals surface area contributed by atoms with Crippen molar-refractivity contribution >= 4 is 66.6 Å². The summed E-state index contributed by atoms with van der Waals surface area (Å²) in [4.78, 5) is 12.0. The summed E-state index contributed by atoms with van der Waals surface area (Å²) in [6, 6.07) is 11.0. The molecule has 2 aromatic rings. The van der Waals surface area contributed by atoms with E-state index in [1.165, 1.54) is 0 Å². The highest BCUT2D eigenvalue weighted by Crippen LogP contribution is 2.31. The van der Waals surface area contributed by atoms with E-state index in [0.717, 1.165) is 18.1 Å². The SMILES string of the molecule is COc1c(Br)cc(Br)cc1/C=N/NC(=O)c1ccc(I)cc1. The van der Waals surface area contributed by atoms with E-state index in [2.05, 4.69) is 65.0 Å². The Morgan fingerprint density at radius 3 is 2.59 bits per heavy atom. The number of benzene rings is 2. The van der Waals surface area contributed by atoms with Crippen molar-refractivity contribution in [3.63, 3.8) is 0 Å². The Kier molecular flexibility index (Phi) is 6.39. The first-order valence-electron chi connectivity index (χ1n) is 6.13. The van der Waals surface area contributed by atoms with Crippen LogP contribution >= 0.6 is 54.5 Å². The number of ether oxygens (including phenoxy) is 1. The minimum atomic E-state index is -0.263. The molecule has 4 nitrogen and oxygen atoms in total. The smallest absolute Gasteiger partial charge is 0.271 e. The molecule has 0 fully saturated rings. The van der Waals surface area contributed by atoms with Crippen LogP contribution in [-0.2, 0) is 0 Å². The molecule has 0 aliphatic carbocycles. The van der Waals surface area contributed by atoms with Gasteiger partial charge in [-0.25, -0.2) is 5.43 Å². The van der Waals surface area contributed by atoms with Gasteiger partial charge in [0.25, 0.3) is 5.91 Å². The Balaban J connectivity index is 2.12. The zero-order valence-electron chi connectivity index (χ0n) is 11.4. The van der Waals surface area contributed by atoms with E-state index in [-0.39, 0.29) is 5.91 Å². The maximum absolute atomic E-state index is 12.0. The summed E-state index contributed by atoms with van der Waals surface area (Å²) in [6.07, 6.45) is 1.54. The van der Waals surface area contributed by atoms with E-state index in [9.17, 15) is 4.79 Å². The molecule has 0 bridgehead atoms. The number of carbonyl (C=O) groups is 1. The van der Waals surface area contributed by atoms with Gasteiger partial charge in [0.2, 0.25) is 0 Å². The highest BCUT2D eigenvalue weighted by molar-refractivity contribution is 14.1. The summed E-state index contributed by atoms with van der Waals surface area (Å²) in [5, 5.41) is 3.98. The first-order chi connectivity index (χ1) is 10.5. The van der Waals surface area contributed by atoms with Crippen molar-refractivity contribution in [2.24, 2.45) is 5.10 Å². The van der Waals surface area contributed by atoms with Gasteiger partial charge in [-0.05, 0) is 74.9 Å². The standard InChI is InChI=1S/C15H11Br2IN2O2/c1-22-14-10(6-11(16)7-13(14)17)8-19-20-15(21)9-2-4-12(18)5-3-9/h2-8H,1H3,(H,20,21)/b19-8+. The van der Waals surface area contributed by atoms with Crippen LogP contribution in [0.5, 0.6) is 5.75 Å². The number of amides is 1. The van der Waals surface area contributed by atoms with Gasteiger partial charge in [-0.1, -0.05) is 15.9 Å². The lowest BCUT2D eigenvalue weighted by Gasteiger charge is -2.07. The molecule has 0 aliphatic rings. The van der Waals surface area contributed by atoms with Gasteiger partial charge in [0, 0.05) is 19.2 Å². The molecule has 7 heteroatoms. The van der Waals surface area contributed by atoms with Gasteiger partial charge in [-0.2, -0.15) is 5.10 Å². The topological polar surface area (TPSA) is 50.7 Å². The summed E-state index contributed by atoms with van der Waals surface area (Å²) in [6.45, 7) is 0. The fraction of sp³-hybridized carbons (Fsp3) is 0.0667. The average molecular weight is 538 g/mol. The fourth-order valence-electron chi connectivity index (χ4n) is 1.72. The fourth-order valence-corrected chi connectivity index (χ4v) is 3.50. The Bertz CT molecular complexity index is 718. The van der Waals surface area contributed by atoms with Gasteiger partial charge >= 0.3 is 0 Å². The number of halogens is 3. The summed E-state index contributed by atoms with van der Waals surface area (Å²) in [5.41, 5.74) is 3.80. The van der Waals surface area contributed by atoms with Crippen LogP contribution in [0.1, 0.15) is 15.9 Å². The summed E-state index contributed by atoms with van der Waals surface area (Å²) in [5.74, 6) is 0.385. The van der Waals surface area contributed by atoms with Gasteiger partial charge in [0.1, 0.15) is 5.75 Å². The molecule has 0 atom stereocenters. The molecule has 0 heterocycles. The van der Waals surface area contributed by atoms with Gasteiger partial charge < -0.3 is 4.74 Å². The molecule has 1 amide bonds. The molecule has 0 saturated carbocycles. The zero-order valence-corrected chi connectivity index (χ0v) is 16.8. The average Bonchev–Trinajstić information content (AvgIpc) is 2.47. The highest BCUT2D eigenvalue weighted by Gasteiger charge is 2.08. The predicted molar refractivity (Wildman–Crippen MR) is 103 cm³/mol. The summed E-state index contributed by atoms with van der Waals surface area (Å²) in [7, 11) is 1.58. The molecule has 114 valence electrons. The van der Waals surface area contributed by atoms with E-state index in [1.54, 1.807) is 25.5 Å². The molecule has 22 heavy (non-hydrogen) atoms. The van der Waals surface area contributed by atoms with Crippen molar-refractivity contribution in [2.75, 3.05) is 7.11 Å². The quantitative estimate of drug-likeness (QED) is 0.352. The monoisotopic (exact) mass is 536 g/mol. The molecule has 2 aromatic carbocycles. The molecule has 0 radical (unpaired) electrons. The minimum Gasteiger partial charge on any atom is -0.495 e. The number of hydrazone groups is 1. The molecule has 0 unspecified atom stereocenters. The molecule has 0 aliphatic heterocycles. The number of carbonyl (C=O) groups excluding carboxylic acids is 1. The number of nitrogens with one attached hydrogen (secondary N) is 1. The number of hydrogen-bond acceptors (Lipinski definition) is 3. The second-order valence-corrected chi connectivity index (χ2v) is 7.23. The minimum absolute atomic E-state index is 0.263. The predicted octanol–water partition coefficient (Wildman–Crippen LogP) is 4.59. The summed E-state index contributed by atoms with van der Waals surface area (Å²) >= 11 is 9.01. The van der Waals surface area contributed by atoms with Crippen LogP contribution in [0, 0.1) is 3.57 Å². The van der Waals surface area contributed by atoms with Gasteiger partial charge in [0.05, 0.1) is 17.8 Å². The lowest BCUT2D eigenvalue weighted by Crippen LogP contribution is -2.17. The zero-order chi connectivity index (χ0) is 16.1. The van der Waals surface area contributed by atoms with Crippen molar-refractivity contribution < 1.29 is 9.53 Å². The second-order valence-electron chi connectivity index (χ2n) is 4.22. The van der Waals surface area contributed by atoms with Crippen LogP contribution in [0.25, 0.3) is 0 Å². The molecule has 1 N–H and O–H groups in total. The van der Waals surface area contributed by atoms with Gasteiger partial charge in [-0.3, -0.25) is 4.79 Å². The Hall–Kier alpha value is -0.930. The number of hydrogen-bond donors (Lipinski definition) is 1. The van der Waals surface area contributed by atoms with E-state index in [0.29, 0.717) is 11.3 Å². The molecule has 2 rings (SSSR count). The van der Waals surface area contributed by atoms with Crippen LogP contribution < -0.4 is 10.2 Å². The third-order valence-electron chi connectivity index (χ3n) is 2.72. The molecule has 0 saturated heterocycles. The number of nitrogens with zero attached hydrogens (tertiary/aromatic N) is 1. The molecule has 0 aromatic heterocycles.